The van der Waals surface area contributed by atoms with Crippen LogP contribution in [-0.2, 0) is 11.3 Å². The van der Waals surface area contributed by atoms with E-state index in [1.165, 1.54) is 0 Å². The lowest BCUT2D eigenvalue weighted by Crippen LogP contribution is -2.25. The van der Waals surface area contributed by atoms with Gasteiger partial charge in [-0.15, -0.1) is 0 Å². The Kier molecular flexibility index (Phi) is 5.35. The van der Waals surface area contributed by atoms with Crippen molar-refractivity contribution in [3.05, 3.63) is 95.2 Å². The normalized spacial score (nSPS) is 12.0. The van der Waals surface area contributed by atoms with E-state index in [2.05, 4.69) is 26.3 Å². The zero-order valence-electron chi connectivity index (χ0n) is 15.1. The first kappa shape index (κ1) is 18.2. The first-order valence-corrected chi connectivity index (χ1v) is 9.41. The van der Waals surface area contributed by atoms with Gasteiger partial charge in [0.2, 0.25) is 5.91 Å². The zero-order chi connectivity index (χ0) is 19.3. The number of hydrogen-bond acceptors (Lipinski definition) is 3. The van der Waals surface area contributed by atoms with Crippen LogP contribution in [0.5, 0.6) is 0 Å². The first-order valence-electron chi connectivity index (χ1n) is 9.04. The number of amides is 1. The van der Waals surface area contributed by atoms with Crippen LogP contribution in [0.15, 0.2) is 73.3 Å². The molecule has 5 nitrogen and oxygen atoms in total. The fourth-order valence-corrected chi connectivity index (χ4v) is 3.45. The lowest BCUT2D eigenvalue weighted by atomic mass is 9.89. The van der Waals surface area contributed by atoms with Crippen molar-refractivity contribution in [2.75, 3.05) is 0 Å². The van der Waals surface area contributed by atoms with Gasteiger partial charge >= 0.3 is 0 Å². The Bertz CT molecular complexity index is 1080. The van der Waals surface area contributed by atoms with Gasteiger partial charge in [-0.2, -0.15) is 0 Å². The Hall–Kier alpha value is -3.18. The number of aromatic nitrogens is 3. The van der Waals surface area contributed by atoms with Crippen molar-refractivity contribution in [2.45, 2.75) is 18.9 Å². The molecule has 4 aromatic rings. The molecule has 1 aromatic carbocycles. The molecule has 0 radical (unpaired) electrons. The van der Waals surface area contributed by atoms with E-state index in [0.29, 0.717) is 18.1 Å². The number of pyridine rings is 2. The molecule has 0 spiro atoms. The van der Waals surface area contributed by atoms with Crippen LogP contribution in [0.3, 0.4) is 0 Å². The average molecular weight is 391 g/mol. The summed E-state index contributed by atoms with van der Waals surface area (Å²) in [7, 11) is 0. The van der Waals surface area contributed by atoms with Crippen molar-refractivity contribution < 1.29 is 4.79 Å². The molecule has 3 aromatic heterocycles. The van der Waals surface area contributed by atoms with Crippen molar-refractivity contribution in [1.29, 1.82) is 0 Å². The van der Waals surface area contributed by atoms with Crippen LogP contribution in [0.25, 0.3) is 10.9 Å². The number of nitrogens with zero attached hydrogens (tertiary/aromatic N) is 2. The molecule has 28 heavy (non-hydrogen) atoms. The van der Waals surface area contributed by atoms with Crippen molar-refractivity contribution in [1.82, 2.24) is 20.3 Å². The molecule has 0 aliphatic rings. The largest absolute Gasteiger partial charge is 0.361 e. The summed E-state index contributed by atoms with van der Waals surface area (Å²) in [5.41, 5.74) is 4.08. The highest BCUT2D eigenvalue weighted by atomic mass is 35.5. The molecule has 0 unspecified atom stereocenters. The molecule has 0 bridgehead atoms. The molecule has 0 saturated heterocycles. The minimum absolute atomic E-state index is 0.0259. The second-order valence-corrected chi connectivity index (χ2v) is 6.98. The number of rotatable bonds is 6. The van der Waals surface area contributed by atoms with E-state index in [1.807, 2.05) is 42.6 Å². The fraction of sp³-hybridized carbons (Fsp3) is 0.136. The summed E-state index contributed by atoms with van der Waals surface area (Å²) in [4.78, 5) is 24.2. The summed E-state index contributed by atoms with van der Waals surface area (Å²) in [6.45, 7) is 0.473. The van der Waals surface area contributed by atoms with Gasteiger partial charge in [-0.25, -0.2) is 4.98 Å². The quantitative estimate of drug-likeness (QED) is 0.478. The number of benzene rings is 1. The maximum absolute atomic E-state index is 12.7. The topological polar surface area (TPSA) is 70.7 Å². The summed E-state index contributed by atoms with van der Waals surface area (Å²) in [6.07, 6.45) is 7.46. The molecular formula is C22H19ClN4O. The number of fused-ring (bicyclic) bond motifs is 1. The molecule has 0 fully saturated rings. The van der Waals surface area contributed by atoms with E-state index in [9.17, 15) is 4.79 Å². The number of H-pyrrole nitrogens is 1. The third-order valence-corrected chi connectivity index (χ3v) is 5.00. The maximum atomic E-state index is 12.7. The summed E-state index contributed by atoms with van der Waals surface area (Å²) >= 11 is 5.96. The third kappa shape index (κ3) is 4.05. The van der Waals surface area contributed by atoms with Crippen LogP contribution in [0.1, 0.15) is 29.0 Å². The Balaban J connectivity index is 1.60. The molecule has 140 valence electrons. The molecule has 1 amide bonds. The lowest BCUT2D eigenvalue weighted by Gasteiger charge is -2.17. The third-order valence-electron chi connectivity index (χ3n) is 4.78. The number of carbonyl (C=O) groups is 1. The van der Waals surface area contributed by atoms with Crippen LogP contribution in [0, 0.1) is 0 Å². The number of hydrogen-bond donors (Lipinski definition) is 2. The summed E-state index contributed by atoms with van der Waals surface area (Å²) in [6, 6.07) is 15.5. The molecular weight excluding hydrogens is 372 g/mol. The van der Waals surface area contributed by atoms with Gasteiger partial charge in [0.25, 0.3) is 0 Å². The van der Waals surface area contributed by atoms with E-state index in [4.69, 9.17) is 11.6 Å². The maximum Gasteiger partial charge on any atom is 0.221 e. The van der Waals surface area contributed by atoms with Gasteiger partial charge in [0, 0.05) is 54.6 Å². The van der Waals surface area contributed by atoms with Gasteiger partial charge in [0.15, 0.2) is 0 Å². The molecule has 0 aliphatic carbocycles. The van der Waals surface area contributed by atoms with Gasteiger partial charge in [0.05, 0.1) is 0 Å². The molecule has 6 heteroatoms. The monoisotopic (exact) mass is 390 g/mol. The van der Waals surface area contributed by atoms with Crippen LogP contribution in [-0.4, -0.2) is 20.9 Å². The highest BCUT2D eigenvalue weighted by molar-refractivity contribution is 6.29. The van der Waals surface area contributed by atoms with E-state index >= 15 is 0 Å². The Morgan fingerprint density at radius 2 is 1.93 bits per heavy atom. The summed E-state index contributed by atoms with van der Waals surface area (Å²) < 4.78 is 0. The SMILES string of the molecule is O=C(C[C@H](c1ccc(Cl)nc1)c1c[nH]c2ccccc12)NCc1ccncc1. The Morgan fingerprint density at radius 3 is 2.71 bits per heavy atom. The van der Waals surface area contributed by atoms with E-state index in [0.717, 1.165) is 27.6 Å². The highest BCUT2D eigenvalue weighted by Crippen LogP contribution is 2.33. The van der Waals surface area contributed by atoms with Crippen molar-refractivity contribution in [2.24, 2.45) is 0 Å². The van der Waals surface area contributed by atoms with Gasteiger partial charge < -0.3 is 10.3 Å². The summed E-state index contributed by atoms with van der Waals surface area (Å²) in [5, 5.41) is 4.53. The Morgan fingerprint density at radius 1 is 1.11 bits per heavy atom. The molecule has 3 heterocycles. The standard InChI is InChI=1S/C22H19ClN4O/c23-21-6-5-16(13-26-21)18(19-14-25-20-4-2-1-3-17(19)20)11-22(28)27-12-15-7-9-24-10-8-15/h1-10,13-14,18,25H,11-12H2,(H,27,28)/t18-/m1/s1. The molecule has 0 aliphatic heterocycles. The predicted octanol–water partition coefficient (Wildman–Crippen LogP) is 4.45. The second kappa shape index (κ2) is 8.23. The van der Waals surface area contributed by atoms with Crippen LogP contribution in [0.4, 0.5) is 0 Å². The molecule has 2 N–H and O–H groups in total. The number of aromatic amines is 1. The van der Waals surface area contributed by atoms with E-state index < -0.39 is 0 Å². The summed E-state index contributed by atoms with van der Waals surface area (Å²) in [5.74, 6) is -0.152. The molecule has 1 atom stereocenters. The van der Waals surface area contributed by atoms with Crippen molar-refractivity contribution >= 4 is 28.4 Å². The fourth-order valence-electron chi connectivity index (χ4n) is 3.34. The van der Waals surface area contributed by atoms with E-state index in [-0.39, 0.29) is 11.8 Å². The molecule has 4 rings (SSSR count). The number of carbonyl (C=O) groups excluding carboxylic acids is 1. The van der Waals surface area contributed by atoms with Crippen LogP contribution >= 0.6 is 11.6 Å². The highest BCUT2D eigenvalue weighted by Gasteiger charge is 2.21. The number of nitrogens with one attached hydrogen (secondary N) is 2. The number of halogens is 1. The van der Waals surface area contributed by atoms with Gasteiger partial charge in [-0.1, -0.05) is 35.9 Å². The van der Waals surface area contributed by atoms with Gasteiger partial charge in [0.1, 0.15) is 5.15 Å². The second-order valence-electron chi connectivity index (χ2n) is 6.59. The minimum atomic E-state index is -0.127. The smallest absolute Gasteiger partial charge is 0.221 e. The van der Waals surface area contributed by atoms with Crippen LogP contribution in [0.2, 0.25) is 5.15 Å². The Labute approximate surface area is 167 Å². The van der Waals surface area contributed by atoms with Gasteiger partial charge in [-0.3, -0.25) is 9.78 Å². The van der Waals surface area contributed by atoms with Gasteiger partial charge in [-0.05, 0) is 41.0 Å². The minimum Gasteiger partial charge on any atom is -0.361 e. The zero-order valence-corrected chi connectivity index (χ0v) is 15.9. The van der Waals surface area contributed by atoms with E-state index in [1.54, 1.807) is 24.7 Å². The predicted molar refractivity (Wildman–Crippen MR) is 110 cm³/mol. The first-order chi connectivity index (χ1) is 13.7. The van der Waals surface area contributed by atoms with Crippen LogP contribution < -0.4 is 5.32 Å². The number of para-hydroxylation sites is 1. The molecule has 0 saturated carbocycles. The van der Waals surface area contributed by atoms with Crippen molar-refractivity contribution in [3.8, 4) is 0 Å². The lowest BCUT2D eigenvalue weighted by molar-refractivity contribution is -0.121. The average Bonchev–Trinajstić information content (AvgIpc) is 3.16. The van der Waals surface area contributed by atoms with Crippen molar-refractivity contribution in [3.63, 3.8) is 0 Å².